The highest BCUT2D eigenvalue weighted by Crippen LogP contribution is 2.10. The van der Waals surface area contributed by atoms with Crippen LogP contribution >= 0.6 is 0 Å². The molecule has 1 aliphatic rings. The average Bonchev–Trinajstić information content (AvgIpc) is 2.62. The van der Waals surface area contributed by atoms with E-state index in [0.29, 0.717) is 13.1 Å². The normalized spacial score (nSPS) is 19.7. The van der Waals surface area contributed by atoms with Crippen molar-refractivity contribution in [2.24, 2.45) is 0 Å². The fraction of sp³-hybridized carbons (Fsp3) is 0.333. The number of nitrogens with one attached hydrogen (secondary N) is 1. The maximum atomic E-state index is 11.6. The van der Waals surface area contributed by atoms with Crippen molar-refractivity contribution in [3.8, 4) is 0 Å². The Bertz CT molecular complexity index is 403. The van der Waals surface area contributed by atoms with E-state index in [4.69, 9.17) is 0 Å². The number of ketones is 1. The summed E-state index contributed by atoms with van der Waals surface area (Å²) in [7, 11) is 0. The second kappa shape index (κ2) is 4.35. The van der Waals surface area contributed by atoms with Crippen LogP contribution in [0.15, 0.2) is 30.3 Å². The van der Waals surface area contributed by atoms with Crippen LogP contribution in [-0.2, 0) is 11.3 Å². The number of hydrogen-bond donors (Lipinski definition) is 1. The molecule has 4 heteroatoms. The third-order valence-electron chi connectivity index (χ3n) is 2.69. The highest BCUT2D eigenvalue weighted by atomic mass is 16.2. The van der Waals surface area contributed by atoms with Gasteiger partial charge in [-0.15, -0.1) is 0 Å². The fourth-order valence-corrected chi connectivity index (χ4v) is 1.76. The third kappa shape index (κ3) is 2.21. The predicted octanol–water partition coefficient (Wildman–Crippen LogP) is 1.17. The van der Waals surface area contributed by atoms with Gasteiger partial charge < -0.3 is 10.2 Å². The summed E-state index contributed by atoms with van der Waals surface area (Å²) in [5.74, 6) is 0.00362. The van der Waals surface area contributed by atoms with Crippen molar-refractivity contribution in [3.05, 3.63) is 35.9 Å². The zero-order chi connectivity index (χ0) is 11.5. The molecule has 16 heavy (non-hydrogen) atoms. The van der Waals surface area contributed by atoms with Gasteiger partial charge in [-0.2, -0.15) is 0 Å². The Morgan fingerprint density at radius 1 is 1.44 bits per heavy atom. The molecule has 0 aliphatic carbocycles. The Hall–Kier alpha value is -1.84. The van der Waals surface area contributed by atoms with Crippen molar-refractivity contribution < 1.29 is 9.59 Å². The molecule has 0 spiro atoms. The minimum Gasteiger partial charge on any atom is -0.326 e. The summed E-state index contributed by atoms with van der Waals surface area (Å²) in [6, 6.07) is 9.23. The first-order valence-corrected chi connectivity index (χ1v) is 5.26. The van der Waals surface area contributed by atoms with Crippen molar-refractivity contribution in [2.75, 3.05) is 6.54 Å². The second-order valence-electron chi connectivity index (χ2n) is 3.98. The monoisotopic (exact) mass is 218 g/mol. The van der Waals surface area contributed by atoms with Gasteiger partial charge in [0.25, 0.3) is 0 Å². The van der Waals surface area contributed by atoms with Gasteiger partial charge in [0.05, 0.1) is 6.54 Å². The number of urea groups is 1. The highest BCUT2D eigenvalue weighted by molar-refractivity contribution is 5.90. The van der Waals surface area contributed by atoms with Crippen LogP contribution in [0, 0.1) is 0 Å². The van der Waals surface area contributed by atoms with Gasteiger partial charge in [0.15, 0.2) is 5.78 Å². The first-order valence-electron chi connectivity index (χ1n) is 5.26. The lowest BCUT2D eigenvalue weighted by Gasteiger charge is -2.13. The van der Waals surface area contributed by atoms with E-state index < -0.39 is 0 Å². The van der Waals surface area contributed by atoms with Crippen molar-refractivity contribution in [1.29, 1.82) is 0 Å². The Morgan fingerprint density at radius 2 is 2.12 bits per heavy atom. The molecular formula is C12H14N2O2. The molecule has 1 atom stereocenters. The molecule has 1 fully saturated rings. The van der Waals surface area contributed by atoms with Gasteiger partial charge in [0.2, 0.25) is 0 Å². The van der Waals surface area contributed by atoms with Crippen LogP contribution in [0.1, 0.15) is 12.5 Å². The van der Waals surface area contributed by atoms with Gasteiger partial charge in [-0.05, 0) is 12.5 Å². The molecule has 4 nitrogen and oxygen atoms in total. The third-order valence-corrected chi connectivity index (χ3v) is 2.69. The molecule has 0 saturated carbocycles. The lowest BCUT2D eigenvalue weighted by Crippen LogP contribution is -2.32. The van der Waals surface area contributed by atoms with Gasteiger partial charge in [0.1, 0.15) is 6.04 Å². The van der Waals surface area contributed by atoms with Crippen molar-refractivity contribution in [3.63, 3.8) is 0 Å². The first kappa shape index (κ1) is 10.7. The summed E-state index contributed by atoms with van der Waals surface area (Å²) in [6.07, 6.45) is 0. The van der Waals surface area contributed by atoms with E-state index in [0.717, 1.165) is 5.56 Å². The van der Waals surface area contributed by atoms with E-state index in [1.54, 1.807) is 4.90 Å². The summed E-state index contributed by atoms with van der Waals surface area (Å²) in [6.45, 7) is 2.51. The topological polar surface area (TPSA) is 49.4 Å². The number of benzene rings is 1. The van der Waals surface area contributed by atoms with Crippen LogP contribution in [0.3, 0.4) is 0 Å². The number of hydrogen-bond acceptors (Lipinski definition) is 2. The molecule has 1 aromatic rings. The Kier molecular flexibility index (Phi) is 2.90. The van der Waals surface area contributed by atoms with E-state index in [9.17, 15) is 9.59 Å². The highest BCUT2D eigenvalue weighted by Gasteiger charge is 2.30. The molecule has 0 radical (unpaired) electrons. The number of amides is 2. The number of Topliss-reactive ketones (excluding diaryl/α,β-unsaturated/α-hetero) is 1. The van der Waals surface area contributed by atoms with Crippen molar-refractivity contribution in [2.45, 2.75) is 19.5 Å². The Morgan fingerprint density at radius 3 is 2.69 bits per heavy atom. The van der Waals surface area contributed by atoms with Gasteiger partial charge in [-0.25, -0.2) is 4.79 Å². The average molecular weight is 218 g/mol. The second-order valence-corrected chi connectivity index (χ2v) is 3.98. The molecule has 1 saturated heterocycles. The lowest BCUT2D eigenvalue weighted by atomic mass is 10.2. The van der Waals surface area contributed by atoms with Crippen LogP contribution in [0.25, 0.3) is 0 Å². The maximum Gasteiger partial charge on any atom is 0.318 e. The van der Waals surface area contributed by atoms with Gasteiger partial charge in [0, 0.05) is 6.54 Å². The smallest absolute Gasteiger partial charge is 0.318 e. The molecule has 0 aromatic heterocycles. The molecule has 1 aromatic carbocycles. The molecule has 1 heterocycles. The first-order chi connectivity index (χ1) is 7.66. The van der Waals surface area contributed by atoms with E-state index >= 15 is 0 Å². The SMILES string of the molecule is CC(=O)[C@@H]1CN(Cc2ccccc2)C(=O)N1. The van der Waals surface area contributed by atoms with Crippen molar-refractivity contribution >= 4 is 11.8 Å². The summed E-state index contributed by atoms with van der Waals surface area (Å²) < 4.78 is 0. The maximum absolute atomic E-state index is 11.6. The Balaban J connectivity index is 2.02. The quantitative estimate of drug-likeness (QED) is 0.828. The van der Waals surface area contributed by atoms with Gasteiger partial charge in [-0.1, -0.05) is 30.3 Å². The van der Waals surface area contributed by atoms with Crippen LogP contribution in [-0.4, -0.2) is 29.3 Å². The molecule has 2 rings (SSSR count). The molecule has 84 valence electrons. The van der Waals surface area contributed by atoms with E-state index in [-0.39, 0.29) is 17.9 Å². The number of nitrogens with zero attached hydrogens (tertiary/aromatic N) is 1. The largest absolute Gasteiger partial charge is 0.326 e. The minimum absolute atomic E-state index is 0.00362. The molecule has 1 aliphatic heterocycles. The standard InChI is InChI=1S/C12H14N2O2/c1-9(15)11-8-14(12(16)13-11)7-10-5-3-2-4-6-10/h2-6,11H,7-8H2,1H3,(H,13,16)/t11-/m0/s1. The number of carbonyl (C=O) groups excluding carboxylic acids is 2. The molecule has 0 bridgehead atoms. The zero-order valence-corrected chi connectivity index (χ0v) is 9.14. The van der Waals surface area contributed by atoms with Gasteiger partial charge >= 0.3 is 6.03 Å². The van der Waals surface area contributed by atoms with E-state index in [1.807, 2.05) is 30.3 Å². The number of rotatable bonds is 3. The summed E-state index contributed by atoms with van der Waals surface area (Å²) in [5.41, 5.74) is 1.07. The van der Waals surface area contributed by atoms with Crippen molar-refractivity contribution in [1.82, 2.24) is 10.2 Å². The fourth-order valence-electron chi connectivity index (χ4n) is 1.76. The Labute approximate surface area is 94.2 Å². The van der Waals surface area contributed by atoms with Crippen LogP contribution in [0.4, 0.5) is 4.79 Å². The van der Waals surface area contributed by atoms with E-state index in [2.05, 4.69) is 5.32 Å². The molecule has 0 unspecified atom stereocenters. The molecule has 1 N–H and O–H groups in total. The van der Waals surface area contributed by atoms with E-state index in [1.165, 1.54) is 6.92 Å². The minimum atomic E-state index is -0.351. The summed E-state index contributed by atoms with van der Waals surface area (Å²) >= 11 is 0. The van der Waals surface area contributed by atoms with Crippen LogP contribution in [0.5, 0.6) is 0 Å². The predicted molar refractivity (Wildman–Crippen MR) is 59.9 cm³/mol. The zero-order valence-electron chi connectivity index (χ0n) is 9.14. The van der Waals surface area contributed by atoms with Gasteiger partial charge in [-0.3, -0.25) is 4.79 Å². The molecular weight excluding hydrogens is 204 g/mol. The number of carbonyl (C=O) groups is 2. The summed E-state index contributed by atoms with van der Waals surface area (Å²) in [5, 5.41) is 2.66. The van der Waals surface area contributed by atoms with Crippen LogP contribution < -0.4 is 5.32 Å². The molecule has 2 amide bonds. The summed E-state index contributed by atoms with van der Waals surface area (Å²) in [4.78, 5) is 24.4. The lowest BCUT2D eigenvalue weighted by molar-refractivity contribution is -0.118. The van der Waals surface area contributed by atoms with Crippen LogP contribution in [0.2, 0.25) is 0 Å².